The molecule has 0 saturated carbocycles. The van der Waals surface area contributed by atoms with E-state index in [4.69, 9.17) is 10.9 Å². The molecule has 1 aromatic rings. The maximum absolute atomic E-state index is 8.85. The molecule has 3 N–H and O–H groups in total. The van der Waals surface area contributed by atoms with E-state index in [-0.39, 0.29) is 6.04 Å². The van der Waals surface area contributed by atoms with Gasteiger partial charge in [-0.25, -0.2) is 0 Å². The average molecular weight is 127 g/mol. The molecule has 0 radical (unpaired) electrons. The van der Waals surface area contributed by atoms with Crippen LogP contribution in [0.25, 0.3) is 0 Å². The average Bonchev–Trinajstić information content (AvgIpc) is 2.13. The fourth-order valence-corrected chi connectivity index (χ4v) is 0.640. The van der Waals surface area contributed by atoms with Crippen LogP contribution in [0, 0.1) is 0 Å². The Kier molecular flexibility index (Phi) is 1.40. The van der Waals surface area contributed by atoms with Crippen molar-refractivity contribution in [1.82, 2.24) is 9.94 Å². The van der Waals surface area contributed by atoms with Gasteiger partial charge in [0.25, 0.3) is 0 Å². The highest BCUT2D eigenvalue weighted by Crippen LogP contribution is 2.04. The number of aromatic nitrogens is 2. The van der Waals surface area contributed by atoms with Gasteiger partial charge in [-0.2, -0.15) is 0 Å². The molecule has 0 spiro atoms. The summed E-state index contributed by atoms with van der Waals surface area (Å²) in [6, 6.07) is 1.50. The Balaban J connectivity index is 2.94. The van der Waals surface area contributed by atoms with E-state index in [1.807, 2.05) is 0 Å². The molecule has 0 bridgehead atoms. The van der Waals surface area contributed by atoms with E-state index >= 15 is 0 Å². The molecule has 0 fully saturated rings. The van der Waals surface area contributed by atoms with Crippen LogP contribution in [-0.4, -0.2) is 15.2 Å². The number of hydrogen-bond acceptors (Lipinski definition) is 3. The first-order chi connectivity index (χ1) is 4.22. The van der Waals surface area contributed by atoms with E-state index in [0.29, 0.717) is 5.69 Å². The van der Waals surface area contributed by atoms with E-state index in [2.05, 4.69) is 5.10 Å². The van der Waals surface area contributed by atoms with E-state index in [0.717, 1.165) is 4.85 Å². The predicted molar refractivity (Wildman–Crippen MR) is 32.0 cm³/mol. The van der Waals surface area contributed by atoms with Crippen molar-refractivity contribution < 1.29 is 5.21 Å². The quantitative estimate of drug-likeness (QED) is 0.527. The van der Waals surface area contributed by atoms with E-state index < -0.39 is 0 Å². The molecule has 0 aliphatic heterocycles. The van der Waals surface area contributed by atoms with Crippen LogP contribution >= 0.6 is 0 Å². The first-order valence-corrected chi connectivity index (χ1v) is 2.70. The lowest BCUT2D eigenvalue weighted by atomic mass is 10.3. The van der Waals surface area contributed by atoms with Gasteiger partial charge in [-0.05, 0) is 13.0 Å². The number of hydrogen-bond donors (Lipinski definition) is 2. The SMILES string of the molecule is CC(N)c1ccnn1O. The molecule has 0 saturated heterocycles. The summed E-state index contributed by atoms with van der Waals surface area (Å²) < 4.78 is 0. The van der Waals surface area contributed by atoms with Gasteiger partial charge in [0.15, 0.2) is 0 Å². The van der Waals surface area contributed by atoms with Crippen molar-refractivity contribution in [2.45, 2.75) is 13.0 Å². The Morgan fingerprint density at radius 2 is 2.56 bits per heavy atom. The highest BCUT2D eigenvalue weighted by molar-refractivity contribution is 5.02. The van der Waals surface area contributed by atoms with Gasteiger partial charge in [0.2, 0.25) is 0 Å². The molecule has 0 aromatic carbocycles. The summed E-state index contributed by atoms with van der Waals surface area (Å²) >= 11 is 0. The Morgan fingerprint density at radius 3 is 2.78 bits per heavy atom. The van der Waals surface area contributed by atoms with Gasteiger partial charge in [0.05, 0.1) is 11.9 Å². The number of nitrogens with two attached hydrogens (primary N) is 1. The zero-order valence-corrected chi connectivity index (χ0v) is 5.15. The summed E-state index contributed by atoms with van der Waals surface area (Å²) in [4.78, 5) is 0.782. The molecule has 1 atom stereocenters. The van der Waals surface area contributed by atoms with Crippen LogP contribution < -0.4 is 5.73 Å². The fourth-order valence-electron chi connectivity index (χ4n) is 0.640. The standard InChI is InChI=1S/C5H9N3O/c1-4(6)5-2-3-7-8(5)9/h2-4,9H,6H2,1H3. The summed E-state index contributed by atoms with van der Waals surface area (Å²) in [5.74, 6) is 0. The molecule has 4 heteroatoms. The number of rotatable bonds is 1. The van der Waals surface area contributed by atoms with Crippen LogP contribution in [0.3, 0.4) is 0 Å². The maximum Gasteiger partial charge on any atom is 0.0962 e. The van der Waals surface area contributed by atoms with E-state index in [9.17, 15) is 0 Å². The van der Waals surface area contributed by atoms with Crippen molar-refractivity contribution in [3.8, 4) is 0 Å². The molecule has 4 nitrogen and oxygen atoms in total. The van der Waals surface area contributed by atoms with Crippen molar-refractivity contribution in [1.29, 1.82) is 0 Å². The monoisotopic (exact) mass is 127 g/mol. The Morgan fingerprint density at radius 1 is 1.89 bits per heavy atom. The Labute approximate surface area is 52.9 Å². The summed E-state index contributed by atoms with van der Waals surface area (Å²) in [5, 5.41) is 12.4. The second kappa shape index (κ2) is 2.06. The topological polar surface area (TPSA) is 64.1 Å². The minimum Gasteiger partial charge on any atom is -0.411 e. The zero-order chi connectivity index (χ0) is 6.85. The molecule has 0 aliphatic rings. The normalized spacial score (nSPS) is 13.6. The maximum atomic E-state index is 8.85. The zero-order valence-electron chi connectivity index (χ0n) is 5.15. The van der Waals surface area contributed by atoms with Gasteiger partial charge in [0, 0.05) is 6.04 Å². The van der Waals surface area contributed by atoms with Crippen LogP contribution in [0.15, 0.2) is 12.3 Å². The molecule has 50 valence electrons. The second-order valence-electron chi connectivity index (χ2n) is 1.93. The first-order valence-electron chi connectivity index (χ1n) is 2.70. The van der Waals surface area contributed by atoms with Crippen molar-refractivity contribution in [3.05, 3.63) is 18.0 Å². The molecule has 0 amide bonds. The molecular formula is C5H9N3O. The lowest BCUT2D eigenvalue weighted by Crippen LogP contribution is -2.10. The molecule has 1 unspecified atom stereocenters. The van der Waals surface area contributed by atoms with Gasteiger partial charge in [0.1, 0.15) is 0 Å². The van der Waals surface area contributed by atoms with Crippen molar-refractivity contribution >= 4 is 0 Å². The molecule has 1 heterocycles. The van der Waals surface area contributed by atoms with Crippen LogP contribution in [0.5, 0.6) is 0 Å². The van der Waals surface area contributed by atoms with Crippen LogP contribution in [0.2, 0.25) is 0 Å². The van der Waals surface area contributed by atoms with E-state index in [1.54, 1.807) is 13.0 Å². The molecule has 0 aliphatic carbocycles. The van der Waals surface area contributed by atoms with Crippen molar-refractivity contribution in [3.63, 3.8) is 0 Å². The van der Waals surface area contributed by atoms with Crippen molar-refractivity contribution in [2.75, 3.05) is 0 Å². The molecular weight excluding hydrogens is 118 g/mol. The lowest BCUT2D eigenvalue weighted by molar-refractivity contribution is 0.137. The summed E-state index contributed by atoms with van der Waals surface area (Å²) in [6.45, 7) is 1.78. The summed E-state index contributed by atoms with van der Waals surface area (Å²) in [7, 11) is 0. The van der Waals surface area contributed by atoms with Gasteiger partial charge < -0.3 is 10.9 Å². The van der Waals surface area contributed by atoms with Crippen LogP contribution in [-0.2, 0) is 0 Å². The smallest absolute Gasteiger partial charge is 0.0962 e. The van der Waals surface area contributed by atoms with Crippen LogP contribution in [0.4, 0.5) is 0 Å². The molecule has 9 heavy (non-hydrogen) atoms. The fraction of sp³-hybridized carbons (Fsp3) is 0.400. The molecule has 1 aromatic heterocycles. The minimum absolute atomic E-state index is 0.169. The molecule has 1 rings (SSSR count). The minimum atomic E-state index is -0.169. The highest BCUT2D eigenvalue weighted by atomic mass is 16.5. The van der Waals surface area contributed by atoms with E-state index in [1.165, 1.54) is 6.20 Å². The third-order valence-electron chi connectivity index (χ3n) is 1.12. The lowest BCUT2D eigenvalue weighted by Gasteiger charge is -2.01. The van der Waals surface area contributed by atoms with Gasteiger partial charge in [-0.3, -0.25) is 0 Å². The highest BCUT2D eigenvalue weighted by Gasteiger charge is 2.03. The van der Waals surface area contributed by atoms with Gasteiger partial charge in [-0.1, -0.05) is 0 Å². The first kappa shape index (κ1) is 6.10. The third kappa shape index (κ3) is 1.02. The summed E-state index contributed by atoms with van der Waals surface area (Å²) in [5.41, 5.74) is 6.06. The summed E-state index contributed by atoms with van der Waals surface area (Å²) in [6.07, 6.45) is 1.50. The largest absolute Gasteiger partial charge is 0.411 e. The number of nitrogens with zero attached hydrogens (tertiary/aromatic N) is 2. The predicted octanol–water partition coefficient (Wildman–Crippen LogP) is 0.140. The third-order valence-corrected chi connectivity index (χ3v) is 1.12. The Hall–Kier alpha value is -1.03. The van der Waals surface area contributed by atoms with Crippen LogP contribution in [0.1, 0.15) is 18.7 Å². The second-order valence-corrected chi connectivity index (χ2v) is 1.93. The van der Waals surface area contributed by atoms with Gasteiger partial charge >= 0.3 is 0 Å². The van der Waals surface area contributed by atoms with Gasteiger partial charge in [-0.15, -0.1) is 9.94 Å². The Bertz CT molecular complexity index is 194. The van der Waals surface area contributed by atoms with Crippen molar-refractivity contribution in [2.24, 2.45) is 5.73 Å².